The van der Waals surface area contributed by atoms with Gasteiger partial charge in [-0.3, -0.25) is 4.79 Å². The summed E-state index contributed by atoms with van der Waals surface area (Å²) in [6, 6.07) is -2.17. The molecule has 0 bridgehead atoms. The quantitative estimate of drug-likeness (QED) is 0.747. The van der Waals surface area contributed by atoms with Gasteiger partial charge in [0, 0.05) is 5.56 Å². The van der Waals surface area contributed by atoms with Gasteiger partial charge < -0.3 is 14.7 Å². The number of rotatable bonds is 5. The van der Waals surface area contributed by atoms with Gasteiger partial charge in [0.15, 0.2) is 6.10 Å². The molecule has 1 aliphatic rings. The molecule has 0 radical (unpaired) electrons. The van der Waals surface area contributed by atoms with E-state index in [4.69, 9.17) is 20.1 Å². The zero-order valence-corrected chi connectivity index (χ0v) is 14.4. The normalized spacial score (nSPS) is 21.6. The van der Waals surface area contributed by atoms with E-state index in [0.29, 0.717) is 12.1 Å². The molecule has 28 heavy (non-hydrogen) atoms. The molecule has 148 valence electrons. The number of alkyl halides is 3. The highest BCUT2D eigenvalue weighted by atomic mass is 32.2. The number of ketones is 1. The molecule has 2 aromatic carbocycles. The Bertz CT molecular complexity index is 1330. The van der Waals surface area contributed by atoms with E-state index in [9.17, 15) is 26.4 Å². The average Bonchev–Trinajstić information content (AvgIpc) is 3.03. The van der Waals surface area contributed by atoms with E-state index in [-0.39, 0.29) is 5.56 Å². The van der Waals surface area contributed by atoms with Crippen LogP contribution in [-0.2, 0) is 35.7 Å². The third kappa shape index (κ3) is 4.28. The largest absolute Gasteiger partial charge is 0.460 e. The molecule has 2 aromatic rings. The van der Waals surface area contributed by atoms with E-state index in [1.165, 1.54) is 0 Å². The summed E-state index contributed by atoms with van der Waals surface area (Å²) < 4.78 is 128. The van der Waals surface area contributed by atoms with Crippen LogP contribution in [0.25, 0.3) is 0 Å². The van der Waals surface area contributed by atoms with Crippen molar-refractivity contribution in [3.8, 4) is 0 Å². The van der Waals surface area contributed by atoms with E-state index < -0.39 is 86.9 Å². The Morgan fingerprint density at radius 3 is 2.36 bits per heavy atom. The second-order valence-electron chi connectivity index (χ2n) is 5.31. The summed E-state index contributed by atoms with van der Waals surface area (Å²) in [5, 5.41) is 0. The lowest BCUT2D eigenvalue weighted by molar-refractivity contribution is -0.137. The van der Waals surface area contributed by atoms with E-state index in [1.54, 1.807) is 0 Å². The van der Waals surface area contributed by atoms with Crippen molar-refractivity contribution < 1.29 is 44.9 Å². The summed E-state index contributed by atoms with van der Waals surface area (Å²) in [6.45, 7) is 0. The lowest BCUT2D eigenvalue weighted by Gasteiger charge is -2.12. The molecule has 1 atom stereocenters. The van der Waals surface area contributed by atoms with Gasteiger partial charge in [-0.2, -0.15) is 21.6 Å². The second-order valence-corrected chi connectivity index (χ2v) is 6.59. The fourth-order valence-electron chi connectivity index (χ4n) is 2.18. The van der Waals surface area contributed by atoms with Gasteiger partial charge in [0.1, 0.15) is 5.70 Å². The van der Waals surface area contributed by atoms with Gasteiger partial charge in [-0.15, -0.1) is 0 Å². The van der Waals surface area contributed by atoms with Crippen LogP contribution in [0, 0.1) is 0 Å². The predicted molar refractivity (Wildman–Crippen MR) is 91.6 cm³/mol. The lowest BCUT2D eigenvalue weighted by Crippen LogP contribution is -2.16. The van der Waals surface area contributed by atoms with Gasteiger partial charge in [0.2, 0.25) is 17.4 Å². The fraction of sp³-hybridized carbons (Fsp3) is 0.167. The van der Waals surface area contributed by atoms with E-state index >= 15 is 0 Å². The van der Waals surface area contributed by atoms with Crippen molar-refractivity contribution in [3.63, 3.8) is 0 Å². The first-order valence-electron chi connectivity index (χ1n) is 10.8. The van der Waals surface area contributed by atoms with Crippen LogP contribution >= 0.6 is 0 Å². The minimum Gasteiger partial charge on any atom is -0.460 e. The molecular formula is C18H14F3NO5S. The summed E-state index contributed by atoms with van der Waals surface area (Å²) in [6.07, 6.45) is -6.36. The smallest absolute Gasteiger partial charge is 0.416 e. The number of carbonyl (C=O) groups excluding carboxylic acids is 1. The third-order valence-electron chi connectivity index (χ3n) is 3.39. The SMILES string of the molecule is [2H]c1c([2H])c([2H])c(C([2H])([2H])S(=O)(=O)OC2=C(N)OC(c3ccc(C(F)(F)F)cc3)C2=O)c([2H])c1[2H]. The lowest BCUT2D eigenvalue weighted by atomic mass is 10.0. The van der Waals surface area contributed by atoms with Crippen LogP contribution in [0.2, 0.25) is 0 Å². The van der Waals surface area contributed by atoms with Crippen LogP contribution in [0.5, 0.6) is 0 Å². The molecule has 0 fully saturated rings. The standard InChI is InChI=1S/C18H14F3NO5S/c19-18(20,21)13-8-6-12(7-9-13)15-14(23)16(17(22)26-15)27-28(24,25)10-11-4-2-1-3-5-11/h1-9,15H,10,22H2/i1D,2D,3D,4D,5D,10D2. The molecule has 1 unspecified atom stereocenters. The fourth-order valence-corrected chi connectivity index (χ4v) is 2.96. The molecule has 0 aliphatic carbocycles. The zero-order chi connectivity index (χ0) is 26.7. The van der Waals surface area contributed by atoms with Crippen molar-refractivity contribution in [1.82, 2.24) is 0 Å². The van der Waals surface area contributed by atoms with Crippen LogP contribution < -0.4 is 5.73 Å². The second kappa shape index (κ2) is 7.19. The summed E-state index contributed by atoms with van der Waals surface area (Å²) in [5.41, 5.74) is -0.706. The number of benzene rings is 2. The molecule has 0 saturated carbocycles. The van der Waals surface area contributed by atoms with Gasteiger partial charge in [-0.05, 0) is 17.7 Å². The van der Waals surface area contributed by atoms with Crippen molar-refractivity contribution in [2.24, 2.45) is 5.73 Å². The molecule has 10 heteroatoms. The van der Waals surface area contributed by atoms with Gasteiger partial charge in [-0.1, -0.05) is 42.3 Å². The highest BCUT2D eigenvalue weighted by molar-refractivity contribution is 7.86. The number of Topliss-reactive ketones (excluding diaryl/α,β-unsaturated/α-hetero) is 1. The highest BCUT2D eigenvalue weighted by Gasteiger charge is 2.40. The molecule has 6 nitrogen and oxygen atoms in total. The van der Waals surface area contributed by atoms with Gasteiger partial charge in [0.05, 0.1) is 15.2 Å². The minimum atomic E-state index is -5.61. The van der Waals surface area contributed by atoms with Crippen LogP contribution in [0.15, 0.2) is 66.1 Å². The van der Waals surface area contributed by atoms with E-state index in [0.717, 1.165) is 12.1 Å². The highest BCUT2D eigenvalue weighted by Crippen LogP contribution is 2.35. The number of nitrogens with two attached hydrogens (primary N) is 1. The zero-order valence-electron chi connectivity index (χ0n) is 20.5. The number of halogens is 3. The van der Waals surface area contributed by atoms with Crippen LogP contribution in [-0.4, -0.2) is 14.2 Å². The van der Waals surface area contributed by atoms with Crippen LogP contribution in [0.4, 0.5) is 13.2 Å². The van der Waals surface area contributed by atoms with Crippen molar-refractivity contribution in [2.45, 2.75) is 18.0 Å². The Hall–Kier alpha value is -3.01. The Labute approximate surface area is 168 Å². The molecular weight excluding hydrogens is 399 g/mol. The first kappa shape index (κ1) is 12.4. The predicted octanol–water partition coefficient (Wildman–Crippen LogP) is 3.02. The summed E-state index contributed by atoms with van der Waals surface area (Å²) in [7, 11) is -5.61. The molecule has 0 aromatic heterocycles. The third-order valence-corrected chi connectivity index (χ3v) is 4.23. The van der Waals surface area contributed by atoms with Crippen molar-refractivity contribution in [1.29, 1.82) is 0 Å². The van der Waals surface area contributed by atoms with Crippen LogP contribution in [0.3, 0.4) is 0 Å². The van der Waals surface area contributed by atoms with Gasteiger partial charge in [0.25, 0.3) is 0 Å². The van der Waals surface area contributed by atoms with Gasteiger partial charge in [-0.25, -0.2) is 0 Å². The summed E-state index contributed by atoms with van der Waals surface area (Å²) in [5.74, 6) is -3.37. The average molecular weight is 420 g/mol. The maximum atomic E-state index is 12.8. The minimum absolute atomic E-state index is 0.143. The van der Waals surface area contributed by atoms with Gasteiger partial charge >= 0.3 is 16.3 Å². The molecule has 0 spiro atoms. The maximum Gasteiger partial charge on any atom is 0.416 e. The first-order chi connectivity index (χ1) is 15.9. The number of hydrogen-bond acceptors (Lipinski definition) is 6. The van der Waals surface area contributed by atoms with Crippen molar-refractivity contribution in [3.05, 3.63) is 82.8 Å². The van der Waals surface area contributed by atoms with Crippen molar-refractivity contribution >= 4 is 15.9 Å². The molecule has 1 aliphatic heterocycles. The Balaban J connectivity index is 1.95. The molecule has 3 rings (SSSR count). The number of ether oxygens (including phenoxy) is 1. The number of carbonyl (C=O) groups is 1. The molecule has 0 saturated heterocycles. The number of hydrogen-bond donors (Lipinski definition) is 1. The summed E-state index contributed by atoms with van der Waals surface area (Å²) in [4.78, 5) is 12.7. The topological polar surface area (TPSA) is 95.7 Å². The van der Waals surface area contributed by atoms with E-state index in [2.05, 4.69) is 4.18 Å². The Morgan fingerprint density at radius 2 is 1.79 bits per heavy atom. The molecule has 0 amide bonds. The summed E-state index contributed by atoms with van der Waals surface area (Å²) >= 11 is 0. The maximum absolute atomic E-state index is 12.8. The Morgan fingerprint density at radius 1 is 1.18 bits per heavy atom. The molecule has 2 N–H and O–H groups in total. The Kier molecular flexibility index (Phi) is 3.20. The van der Waals surface area contributed by atoms with E-state index in [1.807, 2.05) is 0 Å². The monoisotopic (exact) mass is 420 g/mol. The first-order valence-corrected chi connectivity index (χ1v) is 8.71. The van der Waals surface area contributed by atoms with Crippen molar-refractivity contribution in [2.75, 3.05) is 0 Å². The molecule has 1 heterocycles. The van der Waals surface area contributed by atoms with Crippen LogP contribution in [0.1, 0.15) is 32.4 Å².